The summed E-state index contributed by atoms with van der Waals surface area (Å²) >= 11 is 3.39. The molecule has 4 aromatic rings. The molecule has 8 heteroatoms. The van der Waals surface area contributed by atoms with E-state index >= 15 is 0 Å². The van der Waals surface area contributed by atoms with Crippen molar-refractivity contribution in [2.45, 2.75) is 6.92 Å². The first kappa shape index (κ1) is 27.2. The molecule has 0 aliphatic carbocycles. The van der Waals surface area contributed by atoms with Crippen LogP contribution in [0.5, 0.6) is 5.75 Å². The van der Waals surface area contributed by atoms with Gasteiger partial charge in [-0.1, -0.05) is 64.0 Å². The van der Waals surface area contributed by atoms with Crippen molar-refractivity contribution in [1.29, 1.82) is 0 Å². The number of carbonyl (C=O) groups is 3. The predicted molar refractivity (Wildman–Crippen MR) is 156 cm³/mol. The van der Waals surface area contributed by atoms with Gasteiger partial charge < -0.3 is 10.1 Å². The highest BCUT2D eigenvalue weighted by molar-refractivity contribution is 9.10. The van der Waals surface area contributed by atoms with Gasteiger partial charge in [-0.05, 0) is 73.2 Å². The smallest absolute Gasteiger partial charge is 0.336 e. The van der Waals surface area contributed by atoms with Crippen LogP contribution >= 0.6 is 15.9 Å². The van der Waals surface area contributed by atoms with Gasteiger partial charge in [-0.15, -0.1) is 0 Å². The summed E-state index contributed by atoms with van der Waals surface area (Å²) in [5.41, 5.74) is 6.34. The Kier molecular flexibility index (Phi) is 9.16. The molecule has 0 aliphatic rings. The summed E-state index contributed by atoms with van der Waals surface area (Å²) in [5, 5.41) is 6.82. The van der Waals surface area contributed by atoms with Crippen LogP contribution in [-0.4, -0.2) is 24.0 Å². The number of aryl methyl sites for hydroxylation is 1. The number of carbonyl (C=O) groups excluding carboxylic acids is 3. The number of hydrogen-bond donors (Lipinski definition) is 2. The van der Waals surface area contributed by atoms with Crippen molar-refractivity contribution in [3.05, 3.63) is 135 Å². The van der Waals surface area contributed by atoms with Crippen molar-refractivity contribution in [3.8, 4) is 5.75 Å². The molecule has 0 spiro atoms. The first-order valence-electron chi connectivity index (χ1n) is 11.9. The molecule has 4 aromatic carbocycles. The summed E-state index contributed by atoms with van der Waals surface area (Å²) in [5.74, 6) is -0.943. The lowest BCUT2D eigenvalue weighted by Gasteiger charge is -2.07. The summed E-state index contributed by atoms with van der Waals surface area (Å²) in [6, 6.07) is 28.2. The average Bonchev–Trinajstić information content (AvgIpc) is 2.94. The van der Waals surface area contributed by atoms with Gasteiger partial charge in [-0.2, -0.15) is 5.10 Å². The fourth-order valence-electron chi connectivity index (χ4n) is 3.42. The topological polar surface area (TPSA) is 96.9 Å². The van der Waals surface area contributed by atoms with Crippen LogP contribution in [-0.2, 0) is 4.79 Å². The fourth-order valence-corrected chi connectivity index (χ4v) is 3.80. The van der Waals surface area contributed by atoms with Gasteiger partial charge in [-0.25, -0.2) is 10.2 Å². The van der Waals surface area contributed by atoms with E-state index < -0.39 is 11.9 Å². The van der Waals surface area contributed by atoms with Crippen molar-refractivity contribution in [2.24, 2.45) is 5.10 Å². The van der Waals surface area contributed by atoms with Crippen molar-refractivity contribution >= 4 is 51.7 Å². The van der Waals surface area contributed by atoms with Gasteiger partial charge in [0, 0.05) is 32.9 Å². The molecule has 0 saturated carbocycles. The number of benzene rings is 4. The maximum Gasteiger partial charge on any atom is 0.336 e. The molecule has 0 unspecified atom stereocenters. The molecule has 0 aromatic heterocycles. The van der Waals surface area contributed by atoms with Crippen LogP contribution in [0, 0.1) is 6.92 Å². The maximum absolute atomic E-state index is 12.6. The molecular weight excluding hydrogens is 558 g/mol. The first-order chi connectivity index (χ1) is 18.9. The van der Waals surface area contributed by atoms with E-state index in [-0.39, 0.29) is 11.7 Å². The number of esters is 1. The van der Waals surface area contributed by atoms with Crippen LogP contribution in [0.4, 0.5) is 5.69 Å². The van der Waals surface area contributed by atoms with Crippen LogP contribution in [0.15, 0.2) is 113 Å². The number of anilines is 1. The second-order valence-corrected chi connectivity index (χ2v) is 9.36. The van der Waals surface area contributed by atoms with E-state index in [1.165, 1.54) is 12.3 Å². The van der Waals surface area contributed by atoms with E-state index in [0.717, 1.165) is 15.6 Å². The Labute approximate surface area is 234 Å². The van der Waals surface area contributed by atoms with E-state index in [0.29, 0.717) is 22.4 Å². The molecule has 39 heavy (non-hydrogen) atoms. The largest absolute Gasteiger partial charge is 0.423 e. The van der Waals surface area contributed by atoms with Crippen LogP contribution in [0.3, 0.4) is 0 Å². The van der Waals surface area contributed by atoms with Crippen molar-refractivity contribution in [1.82, 2.24) is 5.43 Å². The van der Waals surface area contributed by atoms with E-state index in [2.05, 4.69) is 31.8 Å². The zero-order chi connectivity index (χ0) is 27.6. The van der Waals surface area contributed by atoms with Gasteiger partial charge in [0.05, 0.1) is 6.21 Å². The Balaban J connectivity index is 1.35. The molecule has 0 aliphatic heterocycles. The number of halogens is 1. The van der Waals surface area contributed by atoms with Gasteiger partial charge in [0.1, 0.15) is 5.75 Å². The standard InChI is InChI=1S/C31H24BrN3O4/c1-21-7-10-23(11-8-21)30(37)34-27-15-12-24(13-16-27)31(38)35-33-20-25-19-26(32)14-17-28(25)39-29(36)18-9-22-5-3-2-4-6-22/h2-20H,1H3,(H,34,37)(H,35,38)/b18-9+,33-20-. The van der Waals surface area contributed by atoms with Gasteiger partial charge in [0.15, 0.2) is 0 Å². The van der Waals surface area contributed by atoms with Crippen LogP contribution in [0.2, 0.25) is 0 Å². The zero-order valence-corrected chi connectivity index (χ0v) is 22.5. The molecule has 0 radical (unpaired) electrons. The highest BCUT2D eigenvalue weighted by atomic mass is 79.9. The molecule has 4 rings (SSSR count). The van der Waals surface area contributed by atoms with Crippen LogP contribution in [0.1, 0.15) is 37.4 Å². The van der Waals surface area contributed by atoms with Crippen molar-refractivity contribution in [3.63, 3.8) is 0 Å². The third-order valence-corrected chi connectivity index (χ3v) is 5.98. The van der Waals surface area contributed by atoms with Crippen LogP contribution < -0.4 is 15.5 Å². The van der Waals surface area contributed by atoms with E-state index in [4.69, 9.17) is 4.74 Å². The second kappa shape index (κ2) is 13.1. The summed E-state index contributed by atoms with van der Waals surface area (Å²) in [6.07, 6.45) is 4.39. The molecular formula is C31H24BrN3O4. The predicted octanol–water partition coefficient (Wildman–Crippen LogP) is 6.39. The number of ether oxygens (including phenoxy) is 1. The van der Waals surface area contributed by atoms with Gasteiger partial charge in [0.2, 0.25) is 0 Å². The molecule has 0 bridgehead atoms. The lowest BCUT2D eigenvalue weighted by atomic mass is 10.1. The molecule has 0 fully saturated rings. The lowest BCUT2D eigenvalue weighted by molar-refractivity contribution is -0.128. The van der Waals surface area contributed by atoms with Crippen molar-refractivity contribution < 1.29 is 19.1 Å². The molecule has 0 saturated heterocycles. The normalized spacial score (nSPS) is 10.9. The minimum absolute atomic E-state index is 0.238. The first-order valence-corrected chi connectivity index (χ1v) is 12.7. The minimum Gasteiger partial charge on any atom is -0.423 e. The monoisotopic (exact) mass is 581 g/mol. The third-order valence-electron chi connectivity index (χ3n) is 5.48. The SMILES string of the molecule is Cc1ccc(C(=O)Nc2ccc(C(=O)N/N=C\c3cc(Br)ccc3OC(=O)/C=C/c3ccccc3)cc2)cc1. The maximum atomic E-state index is 12.6. The number of rotatable bonds is 8. The Morgan fingerprint density at radius 2 is 1.49 bits per heavy atom. The van der Waals surface area contributed by atoms with Crippen molar-refractivity contribution in [2.75, 3.05) is 5.32 Å². The Morgan fingerprint density at radius 1 is 0.821 bits per heavy atom. The Bertz CT molecular complexity index is 1530. The minimum atomic E-state index is -0.547. The highest BCUT2D eigenvalue weighted by Gasteiger charge is 2.10. The molecule has 0 atom stereocenters. The van der Waals surface area contributed by atoms with E-state index in [9.17, 15) is 14.4 Å². The molecule has 2 amide bonds. The van der Waals surface area contributed by atoms with Crippen LogP contribution in [0.25, 0.3) is 6.08 Å². The molecule has 0 heterocycles. The third kappa shape index (κ3) is 8.08. The van der Waals surface area contributed by atoms with E-state index in [1.807, 2.05) is 49.4 Å². The summed E-state index contributed by atoms with van der Waals surface area (Å²) < 4.78 is 6.21. The summed E-state index contributed by atoms with van der Waals surface area (Å²) in [6.45, 7) is 1.95. The van der Waals surface area contributed by atoms with Gasteiger partial charge in [-0.3, -0.25) is 9.59 Å². The van der Waals surface area contributed by atoms with Gasteiger partial charge in [0.25, 0.3) is 11.8 Å². The number of hydrogen-bond acceptors (Lipinski definition) is 5. The number of hydrazone groups is 1. The molecule has 2 N–H and O–H groups in total. The van der Waals surface area contributed by atoms with Gasteiger partial charge >= 0.3 is 5.97 Å². The second-order valence-electron chi connectivity index (χ2n) is 8.44. The summed E-state index contributed by atoms with van der Waals surface area (Å²) in [4.78, 5) is 37.3. The highest BCUT2D eigenvalue weighted by Crippen LogP contribution is 2.22. The molecule has 194 valence electrons. The molecule has 7 nitrogen and oxygen atoms in total. The average molecular weight is 582 g/mol. The number of nitrogens with one attached hydrogen (secondary N) is 2. The number of nitrogens with zero attached hydrogens (tertiary/aromatic N) is 1. The zero-order valence-electron chi connectivity index (χ0n) is 20.9. The van der Waals surface area contributed by atoms with E-state index in [1.54, 1.807) is 60.7 Å². The lowest BCUT2D eigenvalue weighted by Crippen LogP contribution is -2.18. The quantitative estimate of drug-likeness (QED) is 0.0827. The fraction of sp³-hybridized carbons (Fsp3) is 0.0323. The Morgan fingerprint density at radius 3 is 2.21 bits per heavy atom. The Hall–Kier alpha value is -4.82. The number of amides is 2. The summed E-state index contributed by atoms with van der Waals surface area (Å²) in [7, 11) is 0.